The first-order valence-corrected chi connectivity index (χ1v) is 12.0. The van der Waals surface area contributed by atoms with Gasteiger partial charge < -0.3 is 20.1 Å². The molecular formula is C26H30F2N6O2. The molecular weight excluding hydrogens is 466 g/mol. The summed E-state index contributed by atoms with van der Waals surface area (Å²) in [6, 6.07) is 6.03. The number of benzene rings is 1. The van der Waals surface area contributed by atoms with Crippen LogP contribution in [0.15, 0.2) is 30.6 Å². The van der Waals surface area contributed by atoms with Crippen LogP contribution in [-0.4, -0.2) is 56.5 Å². The maximum Gasteiger partial charge on any atom is 0.216 e. The number of hydrogen-bond acceptors (Lipinski definition) is 8. The fourth-order valence-electron chi connectivity index (χ4n) is 5.89. The lowest BCUT2D eigenvalue weighted by Crippen LogP contribution is -2.66. The number of hydrogen-bond donors (Lipinski definition) is 2. The average molecular weight is 497 g/mol. The van der Waals surface area contributed by atoms with E-state index in [0.717, 1.165) is 31.7 Å². The molecule has 2 aromatic heterocycles. The monoisotopic (exact) mass is 496 g/mol. The summed E-state index contributed by atoms with van der Waals surface area (Å²) in [6.45, 7) is 4.56. The summed E-state index contributed by atoms with van der Waals surface area (Å²) >= 11 is 0. The molecule has 4 heterocycles. The molecule has 0 radical (unpaired) electrons. The predicted molar refractivity (Wildman–Crippen MR) is 132 cm³/mol. The van der Waals surface area contributed by atoms with Crippen LogP contribution in [0.4, 0.5) is 14.6 Å². The van der Waals surface area contributed by atoms with Crippen molar-refractivity contribution in [2.75, 3.05) is 19.1 Å². The Morgan fingerprint density at radius 2 is 1.75 bits per heavy atom. The largest absolute Gasteiger partial charge is 0.507 e. The number of anilines is 1. The molecule has 0 saturated carbocycles. The van der Waals surface area contributed by atoms with Crippen LogP contribution in [0.2, 0.25) is 0 Å². The molecule has 0 amide bonds. The minimum absolute atomic E-state index is 0.0361. The molecule has 0 spiro atoms. The number of piperidine rings is 2. The van der Waals surface area contributed by atoms with Crippen LogP contribution in [0.25, 0.3) is 22.5 Å². The number of phenolic OH excluding ortho intramolecular Hbond substituents is 1. The highest BCUT2D eigenvalue weighted by atomic mass is 19.2. The molecule has 3 atom stereocenters. The molecule has 0 aliphatic carbocycles. The topological polar surface area (TPSA) is 96.3 Å². The van der Waals surface area contributed by atoms with E-state index >= 15 is 8.78 Å². The van der Waals surface area contributed by atoms with Crippen molar-refractivity contribution in [2.24, 2.45) is 0 Å². The first kappa shape index (κ1) is 24.3. The van der Waals surface area contributed by atoms with Crippen molar-refractivity contribution in [1.82, 2.24) is 25.5 Å². The smallest absolute Gasteiger partial charge is 0.216 e. The summed E-state index contributed by atoms with van der Waals surface area (Å²) in [7, 11) is 3.39. The molecule has 2 aliphatic heterocycles. The molecule has 2 fully saturated rings. The van der Waals surface area contributed by atoms with Crippen LogP contribution >= 0.6 is 0 Å². The first-order valence-electron chi connectivity index (χ1n) is 12.0. The highest BCUT2D eigenvalue weighted by Gasteiger charge is 2.46. The van der Waals surface area contributed by atoms with Gasteiger partial charge in [0.25, 0.3) is 0 Å². The Bertz CT molecular complexity index is 1270. The van der Waals surface area contributed by atoms with Crippen LogP contribution in [0, 0.1) is 11.6 Å². The van der Waals surface area contributed by atoms with E-state index in [9.17, 15) is 5.11 Å². The first-order chi connectivity index (χ1) is 17.1. The third-order valence-corrected chi connectivity index (χ3v) is 7.56. The minimum Gasteiger partial charge on any atom is -0.507 e. The minimum atomic E-state index is -1.23. The number of methoxy groups -OCH3 is 1. The highest BCUT2D eigenvalue weighted by molar-refractivity contribution is 5.74. The molecule has 3 aromatic rings. The molecule has 2 bridgehead atoms. The Hall–Kier alpha value is -3.40. The molecule has 10 heteroatoms. The summed E-state index contributed by atoms with van der Waals surface area (Å²) < 4.78 is 35.2. The number of aromatic hydroxyl groups is 1. The van der Waals surface area contributed by atoms with E-state index in [0.29, 0.717) is 5.82 Å². The predicted octanol–water partition coefficient (Wildman–Crippen LogP) is 4.48. The maximum absolute atomic E-state index is 15.1. The number of phenols is 1. The van der Waals surface area contributed by atoms with Gasteiger partial charge in [-0.15, -0.1) is 10.2 Å². The second-order valence-corrected chi connectivity index (χ2v) is 10.4. The second-order valence-electron chi connectivity index (χ2n) is 10.4. The molecule has 2 saturated heterocycles. The van der Waals surface area contributed by atoms with Crippen molar-refractivity contribution in [2.45, 2.75) is 63.1 Å². The molecule has 36 heavy (non-hydrogen) atoms. The number of rotatable bonds is 5. The third kappa shape index (κ3) is 4.34. The van der Waals surface area contributed by atoms with Crippen LogP contribution in [-0.2, 0) is 0 Å². The van der Waals surface area contributed by atoms with Gasteiger partial charge in [-0.25, -0.2) is 18.7 Å². The summed E-state index contributed by atoms with van der Waals surface area (Å²) in [5.74, 6) is -2.03. The van der Waals surface area contributed by atoms with Crippen molar-refractivity contribution >= 4 is 5.82 Å². The Morgan fingerprint density at radius 1 is 1.03 bits per heavy atom. The van der Waals surface area contributed by atoms with Crippen molar-refractivity contribution in [3.63, 3.8) is 0 Å². The van der Waals surface area contributed by atoms with E-state index in [-0.39, 0.29) is 45.5 Å². The lowest BCUT2D eigenvalue weighted by Gasteiger charge is -2.55. The summed E-state index contributed by atoms with van der Waals surface area (Å²) in [4.78, 5) is 9.94. The number of halogens is 2. The highest BCUT2D eigenvalue weighted by Crippen LogP contribution is 2.42. The fourth-order valence-corrected chi connectivity index (χ4v) is 5.89. The Morgan fingerprint density at radius 3 is 2.39 bits per heavy atom. The summed E-state index contributed by atoms with van der Waals surface area (Å²) in [5.41, 5.74) is -0.280. The van der Waals surface area contributed by atoms with Crippen molar-refractivity contribution < 1.29 is 18.6 Å². The lowest BCUT2D eigenvalue weighted by atomic mass is 9.69. The van der Waals surface area contributed by atoms with Gasteiger partial charge >= 0.3 is 0 Å². The van der Waals surface area contributed by atoms with Gasteiger partial charge in [-0.2, -0.15) is 0 Å². The fraction of sp³-hybridized carbons (Fsp3) is 0.462. The van der Waals surface area contributed by atoms with Crippen LogP contribution in [0.1, 0.15) is 46.0 Å². The third-order valence-electron chi connectivity index (χ3n) is 7.56. The number of nitrogens with zero attached hydrogens (tertiary/aromatic N) is 5. The number of ether oxygens (including phenoxy) is 1. The van der Waals surface area contributed by atoms with Crippen molar-refractivity contribution in [3.8, 4) is 34.1 Å². The SMILES string of the molecule is COc1cc(-c2cc(O)c(-c3ccc(N(C)[C@@H]4C[C@]5(C)CCC[C@](C)(C4)N5)nn3)c(F)c2F)ncn1. The number of fused-ring (bicyclic) bond motifs is 2. The Kier molecular flexibility index (Phi) is 6.02. The normalized spacial score (nSPS) is 25.4. The van der Waals surface area contributed by atoms with Gasteiger partial charge in [0.2, 0.25) is 5.88 Å². The molecule has 2 aliphatic rings. The van der Waals surface area contributed by atoms with E-state index in [1.165, 1.54) is 25.9 Å². The van der Waals surface area contributed by atoms with Crippen molar-refractivity contribution in [1.29, 1.82) is 0 Å². The second kappa shape index (κ2) is 8.92. The van der Waals surface area contributed by atoms with Gasteiger partial charge in [0, 0.05) is 35.8 Å². The van der Waals surface area contributed by atoms with E-state index in [1.807, 2.05) is 7.05 Å². The van der Waals surface area contributed by atoms with Gasteiger partial charge in [0.05, 0.1) is 24.1 Å². The maximum atomic E-state index is 15.1. The van der Waals surface area contributed by atoms with Crippen LogP contribution in [0.3, 0.4) is 0 Å². The molecule has 0 unspecified atom stereocenters. The van der Waals surface area contributed by atoms with E-state index in [2.05, 4.69) is 44.2 Å². The zero-order chi connectivity index (χ0) is 25.7. The van der Waals surface area contributed by atoms with Gasteiger partial charge in [-0.3, -0.25) is 0 Å². The number of nitrogens with one attached hydrogen (secondary N) is 1. The Labute approximate surface area is 208 Å². The average Bonchev–Trinajstić information content (AvgIpc) is 2.85. The lowest BCUT2D eigenvalue weighted by molar-refractivity contribution is 0.0784. The van der Waals surface area contributed by atoms with Crippen LogP contribution in [0.5, 0.6) is 11.6 Å². The van der Waals surface area contributed by atoms with E-state index in [4.69, 9.17) is 4.74 Å². The van der Waals surface area contributed by atoms with Gasteiger partial charge in [0.1, 0.15) is 12.1 Å². The summed E-state index contributed by atoms with van der Waals surface area (Å²) in [6.07, 6.45) is 6.64. The zero-order valence-corrected chi connectivity index (χ0v) is 20.8. The zero-order valence-electron chi connectivity index (χ0n) is 20.8. The van der Waals surface area contributed by atoms with Gasteiger partial charge in [-0.1, -0.05) is 0 Å². The molecule has 5 rings (SSSR count). The molecule has 1 aromatic carbocycles. The van der Waals surface area contributed by atoms with Gasteiger partial charge in [-0.05, 0) is 64.2 Å². The standard InChI is InChI=1S/C26H30F2N6O2/c1-25-8-5-9-26(2,33-25)13-15(12-25)34(3)20-7-6-17(31-32-20)22-19(35)10-16(23(27)24(22)28)18-11-21(36-4)30-14-29-18/h6-7,10-11,14-15,33,35H,5,8-9,12-13H2,1-4H3/t15-,25+,26-. The van der Waals surface area contributed by atoms with Gasteiger partial charge in [0.15, 0.2) is 17.5 Å². The molecule has 2 N–H and O–H groups in total. The molecule has 190 valence electrons. The van der Waals surface area contributed by atoms with E-state index < -0.39 is 17.4 Å². The van der Waals surface area contributed by atoms with Crippen molar-refractivity contribution in [3.05, 3.63) is 42.2 Å². The van der Waals surface area contributed by atoms with E-state index in [1.54, 1.807) is 12.1 Å². The molecule has 8 nitrogen and oxygen atoms in total. The quantitative estimate of drug-likeness (QED) is 0.534. The van der Waals surface area contributed by atoms with Crippen LogP contribution < -0.4 is 15.0 Å². The number of aromatic nitrogens is 4. The Balaban J connectivity index is 1.42. The summed E-state index contributed by atoms with van der Waals surface area (Å²) in [5, 5.41) is 22.9.